The van der Waals surface area contributed by atoms with Crippen LogP contribution in [0.2, 0.25) is 0 Å². The van der Waals surface area contributed by atoms with Crippen LogP contribution in [-0.4, -0.2) is 49.5 Å². The summed E-state index contributed by atoms with van der Waals surface area (Å²) >= 11 is -11.2. The van der Waals surface area contributed by atoms with E-state index in [4.69, 9.17) is 0 Å². The van der Waals surface area contributed by atoms with Crippen molar-refractivity contribution >= 4 is 19.5 Å². The third-order valence-corrected chi connectivity index (χ3v) is 3.24. The molecule has 1 rings (SSSR count). The third kappa shape index (κ3) is 24.1. The molecule has 0 saturated heterocycles. The summed E-state index contributed by atoms with van der Waals surface area (Å²) in [6, 6.07) is 0. The van der Waals surface area contributed by atoms with Crippen molar-refractivity contribution in [3.05, 3.63) is 12.4 Å². The van der Waals surface area contributed by atoms with Gasteiger partial charge in [0.15, 0.2) is 0 Å². The van der Waals surface area contributed by atoms with E-state index in [1.54, 1.807) is 0 Å². The molecule has 2 nitrogen and oxygen atoms in total. The second kappa shape index (κ2) is 8.72. The zero-order valence-corrected chi connectivity index (χ0v) is 16.4. The van der Waals surface area contributed by atoms with Gasteiger partial charge < -0.3 is 9.80 Å². The Morgan fingerprint density at radius 3 is 1.61 bits per heavy atom. The molecule has 23 heavy (non-hydrogen) atoms. The van der Waals surface area contributed by atoms with E-state index in [-0.39, 0.29) is 0 Å². The Morgan fingerprint density at radius 1 is 0.783 bits per heavy atom. The van der Waals surface area contributed by atoms with E-state index in [1.807, 2.05) is 0 Å². The molecular weight excluding hydrogens is 432 g/mol. The Balaban J connectivity index is 0.000000585. The molecule has 0 amide bonds. The van der Waals surface area contributed by atoms with Crippen molar-refractivity contribution in [2.75, 3.05) is 20.3 Å². The summed E-state index contributed by atoms with van der Waals surface area (Å²) in [5, 5.41) is 0. The fourth-order valence-corrected chi connectivity index (χ4v) is 2.18. The summed E-state index contributed by atoms with van der Waals surface area (Å²) < 4.78 is 59.6. The molecule has 0 fully saturated rings. The van der Waals surface area contributed by atoms with Gasteiger partial charge in [0.2, 0.25) is 0 Å². The molecule has 0 spiro atoms. The summed E-state index contributed by atoms with van der Waals surface area (Å²) in [7, 11) is 2.13. The van der Waals surface area contributed by atoms with Crippen LogP contribution in [-0.2, 0) is 0 Å². The Morgan fingerprint density at radius 2 is 1.22 bits per heavy atom. The Labute approximate surface area is 137 Å². The van der Waals surface area contributed by atoms with Gasteiger partial charge in [-0.2, -0.15) is 0 Å². The summed E-state index contributed by atoms with van der Waals surface area (Å²) in [5.41, 5.74) is 0. The van der Waals surface area contributed by atoms with Gasteiger partial charge in [0.05, 0.1) is 6.67 Å². The number of unbranched alkanes of at least 4 members (excludes halogenated alkanes) is 7. The van der Waals surface area contributed by atoms with Crippen LogP contribution in [0.5, 0.6) is 0 Å². The van der Waals surface area contributed by atoms with Crippen LogP contribution in [0.3, 0.4) is 0 Å². The maximum atomic E-state index is 9.93. The molecule has 0 aliphatic carbocycles. The molecule has 0 unspecified atom stereocenters. The molecule has 0 bridgehead atoms. The molecule has 1 heterocycles. The molecule has 0 aromatic rings. The molecule has 1 aliphatic heterocycles. The van der Waals surface area contributed by atoms with Gasteiger partial charge in [0, 0.05) is 26.0 Å². The molecule has 9 heteroatoms. The van der Waals surface area contributed by atoms with Gasteiger partial charge in [-0.3, -0.25) is 0 Å². The molecule has 0 aromatic carbocycles. The summed E-state index contributed by atoms with van der Waals surface area (Å²) in [6.07, 6.45) is 15.7. The molecular formula is C14H28F6N2Sb-. The van der Waals surface area contributed by atoms with Crippen LogP contribution in [0.4, 0.5) is 16.9 Å². The van der Waals surface area contributed by atoms with Crippen LogP contribution in [0.1, 0.15) is 58.3 Å². The molecule has 0 radical (unpaired) electrons. The predicted molar refractivity (Wildman–Crippen MR) is 83.5 cm³/mol. The van der Waals surface area contributed by atoms with Crippen molar-refractivity contribution in [1.29, 1.82) is 0 Å². The first kappa shape index (κ1) is 22.7. The number of nitrogens with zero attached hydrogens (tertiary/aromatic N) is 2. The predicted octanol–water partition coefficient (Wildman–Crippen LogP) is 5.94. The van der Waals surface area contributed by atoms with Crippen molar-refractivity contribution in [3.63, 3.8) is 0 Å². The molecule has 142 valence electrons. The zero-order chi connectivity index (χ0) is 18.0. The SMILES string of the molecule is CCCCCCCCCCN1C=CN(C)C1.[F][Sb-]([F])([F])([F])([F])[F]. The molecule has 0 aromatic heterocycles. The average molecular weight is 460 g/mol. The number of hydrogen-bond acceptors (Lipinski definition) is 2. The minimum absolute atomic E-state index is 1.08. The first-order chi connectivity index (χ1) is 10.3. The topological polar surface area (TPSA) is 6.48 Å². The van der Waals surface area contributed by atoms with E-state index in [2.05, 4.69) is 36.2 Å². The van der Waals surface area contributed by atoms with E-state index in [9.17, 15) is 16.9 Å². The second-order valence-electron chi connectivity index (χ2n) is 5.94. The van der Waals surface area contributed by atoms with Gasteiger partial charge in [-0.15, -0.1) is 0 Å². The fraction of sp³-hybridized carbons (Fsp3) is 0.857. The van der Waals surface area contributed by atoms with Gasteiger partial charge in [0.25, 0.3) is 0 Å². The Kier molecular flexibility index (Phi) is 8.62. The quantitative estimate of drug-likeness (QED) is 0.239. The maximum absolute atomic E-state index is 11.2. The molecule has 0 atom stereocenters. The first-order valence-corrected chi connectivity index (χ1v) is 13.8. The van der Waals surface area contributed by atoms with Gasteiger partial charge in [0.1, 0.15) is 0 Å². The average Bonchev–Trinajstić information content (AvgIpc) is 2.75. The van der Waals surface area contributed by atoms with Crippen molar-refractivity contribution in [3.8, 4) is 0 Å². The standard InChI is InChI=1S/C14H28N2.6FH.Sb/c1-3-4-5-6-7-8-9-10-11-16-13-12-15(2)14-16;;;;;;;/h12-13H,3-11,14H2,1-2H3;6*1H;/q;;;;;;;+5/p-6. The van der Waals surface area contributed by atoms with Crippen LogP contribution in [0.25, 0.3) is 0 Å². The number of rotatable bonds is 9. The minimum atomic E-state index is -11.2. The van der Waals surface area contributed by atoms with Gasteiger partial charge >= 0.3 is 36.4 Å². The Bertz CT molecular complexity index is 343. The van der Waals surface area contributed by atoms with Gasteiger partial charge in [-0.1, -0.05) is 51.9 Å². The molecule has 0 saturated carbocycles. The van der Waals surface area contributed by atoms with Crippen molar-refractivity contribution in [1.82, 2.24) is 9.80 Å². The van der Waals surface area contributed by atoms with E-state index in [1.165, 1.54) is 57.9 Å². The van der Waals surface area contributed by atoms with Crippen LogP contribution < -0.4 is 0 Å². The van der Waals surface area contributed by atoms with Crippen molar-refractivity contribution < 1.29 is 16.9 Å². The number of halogens is 6. The van der Waals surface area contributed by atoms with Crippen molar-refractivity contribution in [2.24, 2.45) is 0 Å². The normalized spacial score (nSPS) is 17.6. The van der Waals surface area contributed by atoms with Crippen LogP contribution in [0, 0.1) is 0 Å². The first-order valence-electron chi connectivity index (χ1n) is 7.97. The van der Waals surface area contributed by atoms with Crippen LogP contribution >= 0.6 is 0 Å². The van der Waals surface area contributed by atoms with Gasteiger partial charge in [-0.25, -0.2) is 0 Å². The summed E-state index contributed by atoms with van der Waals surface area (Å²) in [4.78, 5) is 4.63. The molecule has 0 N–H and O–H groups in total. The summed E-state index contributed by atoms with van der Waals surface area (Å²) in [5.74, 6) is 0. The summed E-state index contributed by atoms with van der Waals surface area (Å²) in [6.45, 7) is 4.59. The number of hydrogen-bond donors (Lipinski definition) is 0. The van der Waals surface area contributed by atoms with Crippen molar-refractivity contribution in [2.45, 2.75) is 58.3 Å². The zero-order valence-electron chi connectivity index (χ0n) is 13.8. The van der Waals surface area contributed by atoms with E-state index < -0.39 is 19.5 Å². The van der Waals surface area contributed by atoms with E-state index in [0.29, 0.717) is 0 Å². The van der Waals surface area contributed by atoms with Gasteiger partial charge in [-0.05, 0) is 6.42 Å². The monoisotopic (exact) mass is 459 g/mol. The molecule has 1 aliphatic rings. The van der Waals surface area contributed by atoms with E-state index >= 15 is 0 Å². The second-order valence-corrected chi connectivity index (χ2v) is 11.4. The van der Waals surface area contributed by atoms with Crippen LogP contribution in [0.15, 0.2) is 12.4 Å². The third-order valence-electron chi connectivity index (χ3n) is 3.24. The Hall–Kier alpha value is -0.262. The fourth-order valence-electron chi connectivity index (χ4n) is 2.18. The van der Waals surface area contributed by atoms with E-state index in [0.717, 1.165) is 6.67 Å².